The molecule has 0 amide bonds. The molecule has 1 atom stereocenters. The molecule has 3 aromatic heterocycles. The number of halogens is 1. The summed E-state index contributed by atoms with van der Waals surface area (Å²) in [6, 6.07) is 12.6. The van der Waals surface area contributed by atoms with E-state index in [1.165, 1.54) is 12.4 Å². The van der Waals surface area contributed by atoms with Crippen LogP contribution in [-0.4, -0.2) is 50.2 Å². The first-order valence-electron chi connectivity index (χ1n) is 9.60. The van der Waals surface area contributed by atoms with Crippen molar-refractivity contribution in [2.75, 3.05) is 24.5 Å². The van der Waals surface area contributed by atoms with Gasteiger partial charge in [0.25, 0.3) is 0 Å². The van der Waals surface area contributed by atoms with Crippen LogP contribution in [0.3, 0.4) is 0 Å². The van der Waals surface area contributed by atoms with Crippen LogP contribution in [0.4, 0.5) is 10.2 Å². The van der Waals surface area contributed by atoms with E-state index in [9.17, 15) is 4.39 Å². The third-order valence-corrected chi connectivity index (χ3v) is 5.20. The van der Waals surface area contributed by atoms with Crippen LogP contribution in [0, 0.1) is 5.82 Å². The van der Waals surface area contributed by atoms with Crippen molar-refractivity contribution in [3.8, 4) is 17.2 Å². The third kappa shape index (κ3) is 3.11. The first-order chi connectivity index (χ1) is 14.2. The largest absolute Gasteiger partial charge is 0.351 e. The van der Waals surface area contributed by atoms with E-state index in [0.717, 1.165) is 25.5 Å². The molecule has 1 N–H and O–H groups in total. The van der Waals surface area contributed by atoms with Gasteiger partial charge in [-0.1, -0.05) is 12.1 Å². The molecule has 0 saturated carbocycles. The molecule has 7 nitrogen and oxygen atoms in total. The molecule has 1 saturated heterocycles. The minimum Gasteiger partial charge on any atom is -0.351 e. The zero-order valence-electron chi connectivity index (χ0n) is 16.0. The quantitative estimate of drug-likeness (QED) is 0.581. The smallest absolute Gasteiger partial charge is 0.168 e. The van der Waals surface area contributed by atoms with E-state index in [-0.39, 0.29) is 5.82 Å². The molecule has 1 aliphatic heterocycles. The second-order valence-corrected chi connectivity index (χ2v) is 7.08. The Hall–Kier alpha value is -3.39. The fourth-order valence-electron chi connectivity index (χ4n) is 3.74. The molecule has 4 heterocycles. The summed E-state index contributed by atoms with van der Waals surface area (Å²) in [6.07, 6.45) is 3.12. The van der Waals surface area contributed by atoms with E-state index in [0.29, 0.717) is 34.4 Å². The molecule has 29 heavy (non-hydrogen) atoms. The topological polar surface area (TPSA) is 71.8 Å². The number of aromatic nitrogens is 5. The van der Waals surface area contributed by atoms with Crippen molar-refractivity contribution in [2.24, 2.45) is 0 Å². The normalized spacial score (nSPS) is 17.0. The van der Waals surface area contributed by atoms with Crippen molar-refractivity contribution in [1.29, 1.82) is 0 Å². The second-order valence-electron chi connectivity index (χ2n) is 7.08. The van der Waals surface area contributed by atoms with E-state index in [1.807, 2.05) is 12.1 Å². The summed E-state index contributed by atoms with van der Waals surface area (Å²) in [5, 5.41) is 3.39. The zero-order valence-corrected chi connectivity index (χ0v) is 16.0. The van der Waals surface area contributed by atoms with Crippen molar-refractivity contribution in [1.82, 2.24) is 29.8 Å². The van der Waals surface area contributed by atoms with E-state index in [2.05, 4.69) is 27.1 Å². The summed E-state index contributed by atoms with van der Waals surface area (Å²) in [4.78, 5) is 20.3. The predicted molar refractivity (Wildman–Crippen MR) is 110 cm³/mol. The van der Waals surface area contributed by atoms with E-state index in [1.54, 1.807) is 35.0 Å². The highest BCUT2D eigenvalue weighted by atomic mass is 19.1. The Morgan fingerprint density at radius 2 is 1.97 bits per heavy atom. The van der Waals surface area contributed by atoms with Crippen molar-refractivity contribution in [3.63, 3.8) is 0 Å². The summed E-state index contributed by atoms with van der Waals surface area (Å²) in [5.74, 6) is 1.60. The van der Waals surface area contributed by atoms with E-state index in [4.69, 9.17) is 9.97 Å². The molecule has 1 aromatic carbocycles. The zero-order chi connectivity index (χ0) is 19.8. The number of imidazole rings is 1. The SMILES string of the molecule is CC1CNCCN1c1ccc2nc(-c3ccccc3F)n(-c3ccncn3)c2n1. The maximum atomic E-state index is 14.6. The van der Waals surface area contributed by atoms with Gasteiger partial charge in [0, 0.05) is 31.9 Å². The fraction of sp³-hybridized carbons (Fsp3) is 0.238. The summed E-state index contributed by atoms with van der Waals surface area (Å²) in [7, 11) is 0. The molecular weight excluding hydrogens is 369 g/mol. The van der Waals surface area contributed by atoms with Crippen LogP contribution in [0.15, 0.2) is 55.0 Å². The van der Waals surface area contributed by atoms with Crippen molar-refractivity contribution in [3.05, 3.63) is 60.8 Å². The van der Waals surface area contributed by atoms with Gasteiger partial charge in [-0.05, 0) is 37.3 Å². The fourth-order valence-corrected chi connectivity index (χ4v) is 3.74. The van der Waals surface area contributed by atoms with Gasteiger partial charge in [-0.3, -0.25) is 4.57 Å². The summed E-state index contributed by atoms with van der Waals surface area (Å²) < 4.78 is 16.4. The minimum atomic E-state index is -0.339. The van der Waals surface area contributed by atoms with Gasteiger partial charge in [-0.15, -0.1) is 0 Å². The predicted octanol–water partition coefficient (Wildman–Crippen LogP) is 2.81. The highest BCUT2D eigenvalue weighted by molar-refractivity contribution is 5.81. The molecule has 5 rings (SSSR count). The van der Waals surface area contributed by atoms with Crippen molar-refractivity contribution in [2.45, 2.75) is 13.0 Å². The Labute approximate surface area is 167 Å². The van der Waals surface area contributed by atoms with Crippen molar-refractivity contribution < 1.29 is 4.39 Å². The minimum absolute atomic E-state index is 0.329. The number of benzene rings is 1. The number of rotatable bonds is 3. The van der Waals surface area contributed by atoms with Gasteiger partial charge in [-0.25, -0.2) is 24.3 Å². The Morgan fingerprint density at radius 1 is 1.07 bits per heavy atom. The summed E-state index contributed by atoms with van der Waals surface area (Å²) in [5.41, 5.74) is 1.74. The lowest BCUT2D eigenvalue weighted by Crippen LogP contribution is -2.50. The molecule has 146 valence electrons. The first kappa shape index (κ1) is 17.7. The molecular formula is C21H20FN7. The number of nitrogens with zero attached hydrogens (tertiary/aromatic N) is 6. The number of anilines is 1. The third-order valence-electron chi connectivity index (χ3n) is 5.20. The molecule has 1 unspecified atom stereocenters. The number of hydrogen-bond acceptors (Lipinski definition) is 6. The van der Waals surface area contributed by atoms with Gasteiger partial charge >= 0.3 is 0 Å². The highest BCUT2D eigenvalue weighted by Gasteiger charge is 2.23. The lowest BCUT2D eigenvalue weighted by Gasteiger charge is -2.34. The second kappa shape index (κ2) is 7.21. The monoisotopic (exact) mass is 389 g/mol. The molecule has 1 aliphatic rings. The number of hydrogen-bond donors (Lipinski definition) is 1. The number of pyridine rings is 1. The lowest BCUT2D eigenvalue weighted by molar-refractivity contribution is 0.497. The Bertz CT molecular complexity index is 1160. The summed E-state index contributed by atoms with van der Waals surface area (Å²) >= 11 is 0. The standard InChI is InChI=1S/C21H20FN7/c1-14-12-23-10-11-28(14)19-7-6-17-21(27-19)29(18-8-9-24-13-25-18)20(26-17)15-4-2-3-5-16(15)22/h2-9,13-14,23H,10-12H2,1H3. The lowest BCUT2D eigenvalue weighted by atomic mass is 10.2. The maximum absolute atomic E-state index is 14.6. The average Bonchev–Trinajstić information content (AvgIpc) is 3.13. The van der Waals surface area contributed by atoms with Crippen LogP contribution in [0.25, 0.3) is 28.4 Å². The number of nitrogens with one attached hydrogen (secondary N) is 1. The average molecular weight is 389 g/mol. The van der Waals surface area contributed by atoms with Crippen LogP contribution >= 0.6 is 0 Å². The van der Waals surface area contributed by atoms with Crippen molar-refractivity contribution >= 4 is 17.0 Å². The molecule has 8 heteroatoms. The van der Waals surface area contributed by atoms with Gasteiger partial charge in [0.05, 0.1) is 5.56 Å². The van der Waals surface area contributed by atoms with Crippen LogP contribution in [0.2, 0.25) is 0 Å². The van der Waals surface area contributed by atoms with Crippen LogP contribution in [0.1, 0.15) is 6.92 Å². The number of piperazine rings is 1. The van der Waals surface area contributed by atoms with Gasteiger partial charge in [0.15, 0.2) is 11.5 Å². The molecule has 1 fully saturated rings. The van der Waals surface area contributed by atoms with Crippen LogP contribution in [0.5, 0.6) is 0 Å². The number of fused-ring (bicyclic) bond motifs is 1. The van der Waals surface area contributed by atoms with Gasteiger partial charge in [0.1, 0.15) is 29.3 Å². The van der Waals surface area contributed by atoms with Gasteiger partial charge in [-0.2, -0.15) is 0 Å². The summed E-state index contributed by atoms with van der Waals surface area (Å²) in [6.45, 7) is 4.87. The molecule has 0 spiro atoms. The van der Waals surface area contributed by atoms with Gasteiger partial charge in [0.2, 0.25) is 0 Å². The van der Waals surface area contributed by atoms with E-state index >= 15 is 0 Å². The van der Waals surface area contributed by atoms with E-state index < -0.39 is 0 Å². The van der Waals surface area contributed by atoms with Crippen LogP contribution < -0.4 is 10.2 Å². The van der Waals surface area contributed by atoms with Crippen LogP contribution in [-0.2, 0) is 0 Å². The Morgan fingerprint density at radius 3 is 2.76 bits per heavy atom. The molecule has 0 bridgehead atoms. The molecule has 0 aliphatic carbocycles. The molecule has 4 aromatic rings. The maximum Gasteiger partial charge on any atom is 0.168 e. The highest BCUT2D eigenvalue weighted by Crippen LogP contribution is 2.30. The Kier molecular flexibility index (Phi) is 4.40. The Balaban J connectivity index is 1.74. The van der Waals surface area contributed by atoms with Gasteiger partial charge < -0.3 is 10.2 Å². The molecule has 0 radical (unpaired) electrons. The first-order valence-corrected chi connectivity index (χ1v) is 9.60.